The van der Waals surface area contributed by atoms with E-state index in [0.29, 0.717) is 30.8 Å². The fourth-order valence-electron chi connectivity index (χ4n) is 3.45. The highest BCUT2D eigenvalue weighted by atomic mass is 19.2. The zero-order chi connectivity index (χ0) is 22.6. The molecule has 0 aliphatic carbocycles. The third-order valence-electron chi connectivity index (χ3n) is 4.98. The van der Waals surface area contributed by atoms with Gasteiger partial charge >= 0.3 is 5.97 Å². The summed E-state index contributed by atoms with van der Waals surface area (Å²) in [7, 11) is 1.54. The van der Waals surface area contributed by atoms with Crippen molar-refractivity contribution in [1.82, 2.24) is 4.90 Å². The molecular weight excluding hydrogens is 415 g/mol. The number of ether oxygens (including phenoxy) is 3. The van der Waals surface area contributed by atoms with E-state index >= 15 is 0 Å². The van der Waals surface area contributed by atoms with Crippen LogP contribution in [-0.2, 0) is 20.9 Å². The monoisotopic (exact) mass is 437 g/mol. The number of esters is 1. The Labute approximate surface area is 177 Å². The maximum absolute atomic E-state index is 13.7. The Morgan fingerprint density at radius 2 is 1.74 bits per heavy atom. The molecule has 1 atom stereocenters. The number of piperidine rings is 1. The highest BCUT2D eigenvalue weighted by Gasteiger charge is 2.54. The van der Waals surface area contributed by atoms with E-state index in [0.717, 1.165) is 5.56 Å². The van der Waals surface area contributed by atoms with E-state index in [-0.39, 0.29) is 19.6 Å². The van der Waals surface area contributed by atoms with Gasteiger partial charge in [-0.2, -0.15) is 0 Å². The second-order valence-electron chi connectivity index (χ2n) is 7.03. The molecule has 1 saturated heterocycles. The van der Waals surface area contributed by atoms with Gasteiger partial charge in [0.2, 0.25) is 0 Å². The average molecular weight is 437 g/mol. The van der Waals surface area contributed by atoms with Crippen LogP contribution in [0, 0.1) is 17.5 Å². The van der Waals surface area contributed by atoms with E-state index < -0.39 is 40.7 Å². The van der Waals surface area contributed by atoms with Crippen molar-refractivity contribution >= 4 is 11.9 Å². The zero-order valence-electron chi connectivity index (χ0n) is 17.1. The lowest BCUT2D eigenvalue weighted by Crippen LogP contribution is -2.61. The highest BCUT2D eigenvalue weighted by molar-refractivity contribution is 6.07. The fourth-order valence-corrected chi connectivity index (χ4v) is 3.45. The van der Waals surface area contributed by atoms with Gasteiger partial charge in [0, 0.05) is 31.6 Å². The first-order valence-electron chi connectivity index (χ1n) is 9.73. The number of carbonyl (C=O) groups is 2. The SMILES string of the molecule is CCOC(=O)C1(Oc2cc(F)c(F)c(F)c2)CCCN(Cc2ccc(OC)cc2)C1=O. The van der Waals surface area contributed by atoms with Crippen LogP contribution in [0.2, 0.25) is 0 Å². The van der Waals surface area contributed by atoms with Crippen molar-refractivity contribution in [3.05, 3.63) is 59.4 Å². The molecule has 3 rings (SSSR count). The molecule has 2 aromatic carbocycles. The minimum absolute atomic E-state index is 0.0259. The lowest BCUT2D eigenvalue weighted by Gasteiger charge is -2.39. The van der Waals surface area contributed by atoms with Gasteiger partial charge in [0.05, 0.1) is 13.7 Å². The molecule has 1 unspecified atom stereocenters. The molecule has 0 spiro atoms. The van der Waals surface area contributed by atoms with Crippen LogP contribution in [-0.4, -0.2) is 42.6 Å². The van der Waals surface area contributed by atoms with E-state index in [9.17, 15) is 22.8 Å². The average Bonchev–Trinajstić information content (AvgIpc) is 2.75. The number of carbonyl (C=O) groups excluding carboxylic acids is 2. The van der Waals surface area contributed by atoms with E-state index in [4.69, 9.17) is 14.2 Å². The number of benzene rings is 2. The Hall–Kier alpha value is -3.23. The summed E-state index contributed by atoms with van der Waals surface area (Å²) in [6, 6.07) is 8.21. The highest BCUT2D eigenvalue weighted by Crippen LogP contribution is 2.32. The first-order chi connectivity index (χ1) is 14.8. The first kappa shape index (κ1) is 22.5. The molecule has 0 N–H and O–H groups in total. The molecular formula is C22H22F3NO5. The third kappa shape index (κ3) is 4.60. The van der Waals surface area contributed by atoms with Crippen molar-refractivity contribution in [2.45, 2.75) is 31.9 Å². The summed E-state index contributed by atoms with van der Waals surface area (Å²) in [5.41, 5.74) is -1.34. The smallest absolute Gasteiger partial charge is 0.360 e. The maximum atomic E-state index is 13.7. The molecule has 1 amide bonds. The minimum Gasteiger partial charge on any atom is -0.497 e. The van der Waals surface area contributed by atoms with Gasteiger partial charge in [-0.3, -0.25) is 4.79 Å². The summed E-state index contributed by atoms with van der Waals surface area (Å²) in [6.45, 7) is 2.06. The van der Waals surface area contributed by atoms with Gasteiger partial charge in [0.25, 0.3) is 11.5 Å². The minimum atomic E-state index is -2.13. The van der Waals surface area contributed by atoms with Crippen LogP contribution >= 0.6 is 0 Å². The molecule has 31 heavy (non-hydrogen) atoms. The number of likely N-dealkylation sites (tertiary alicyclic amines) is 1. The van der Waals surface area contributed by atoms with Crippen LogP contribution < -0.4 is 9.47 Å². The van der Waals surface area contributed by atoms with Crippen LogP contribution in [0.25, 0.3) is 0 Å². The van der Waals surface area contributed by atoms with Gasteiger partial charge in [-0.25, -0.2) is 18.0 Å². The van der Waals surface area contributed by atoms with Crippen LogP contribution in [0.5, 0.6) is 11.5 Å². The topological polar surface area (TPSA) is 65.1 Å². The number of methoxy groups -OCH3 is 1. The molecule has 6 nitrogen and oxygen atoms in total. The van der Waals surface area contributed by atoms with Crippen molar-refractivity contribution in [1.29, 1.82) is 0 Å². The first-order valence-corrected chi connectivity index (χ1v) is 9.73. The summed E-state index contributed by atoms with van der Waals surface area (Å²) < 4.78 is 56.4. The number of halogens is 3. The van der Waals surface area contributed by atoms with Crippen molar-refractivity contribution in [3.8, 4) is 11.5 Å². The normalized spacial score (nSPS) is 18.6. The van der Waals surface area contributed by atoms with Gasteiger partial charge in [-0.1, -0.05) is 12.1 Å². The molecule has 1 aliphatic heterocycles. The Bertz CT molecular complexity index is 943. The van der Waals surface area contributed by atoms with Gasteiger partial charge in [-0.15, -0.1) is 0 Å². The Morgan fingerprint density at radius 3 is 2.32 bits per heavy atom. The Morgan fingerprint density at radius 1 is 1.10 bits per heavy atom. The molecule has 0 saturated carbocycles. The van der Waals surface area contributed by atoms with Crippen LogP contribution in [0.15, 0.2) is 36.4 Å². The summed E-state index contributed by atoms with van der Waals surface area (Å²) in [5.74, 6) is -6.15. The summed E-state index contributed by atoms with van der Waals surface area (Å²) in [6.07, 6.45) is 0.331. The van der Waals surface area contributed by atoms with Gasteiger partial charge in [0.15, 0.2) is 17.5 Å². The molecule has 1 heterocycles. The van der Waals surface area contributed by atoms with Crippen molar-refractivity contribution in [2.75, 3.05) is 20.3 Å². The van der Waals surface area contributed by atoms with Crippen LogP contribution in [0.3, 0.4) is 0 Å². The maximum Gasteiger partial charge on any atom is 0.360 e. The predicted molar refractivity (Wildman–Crippen MR) is 104 cm³/mol. The van der Waals surface area contributed by atoms with Crippen molar-refractivity contribution in [3.63, 3.8) is 0 Å². The molecule has 9 heteroatoms. The van der Waals surface area contributed by atoms with Crippen molar-refractivity contribution < 1.29 is 37.0 Å². The summed E-state index contributed by atoms with van der Waals surface area (Å²) in [5, 5.41) is 0. The summed E-state index contributed by atoms with van der Waals surface area (Å²) >= 11 is 0. The van der Waals surface area contributed by atoms with E-state index in [1.165, 1.54) is 12.0 Å². The molecule has 166 valence electrons. The summed E-state index contributed by atoms with van der Waals surface area (Å²) in [4.78, 5) is 27.5. The number of rotatable bonds is 7. The third-order valence-corrected chi connectivity index (χ3v) is 4.98. The lowest BCUT2D eigenvalue weighted by molar-refractivity contribution is -0.177. The second-order valence-corrected chi connectivity index (χ2v) is 7.03. The van der Waals surface area contributed by atoms with E-state index in [2.05, 4.69) is 0 Å². The van der Waals surface area contributed by atoms with E-state index in [1.54, 1.807) is 31.2 Å². The predicted octanol–water partition coefficient (Wildman–Crippen LogP) is 3.62. The van der Waals surface area contributed by atoms with Crippen LogP contribution in [0.4, 0.5) is 13.2 Å². The Kier molecular flexibility index (Phi) is 6.72. The molecule has 2 aromatic rings. The molecule has 1 fully saturated rings. The van der Waals surface area contributed by atoms with Gasteiger partial charge in [-0.05, 0) is 31.0 Å². The number of hydrogen-bond acceptors (Lipinski definition) is 5. The lowest BCUT2D eigenvalue weighted by atomic mass is 9.90. The number of hydrogen-bond donors (Lipinski definition) is 0. The Balaban J connectivity index is 1.92. The quantitative estimate of drug-likeness (QED) is 0.376. The fraction of sp³-hybridized carbons (Fsp3) is 0.364. The largest absolute Gasteiger partial charge is 0.497 e. The standard InChI is InChI=1S/C22H22F3NO5/c1-3-30-21(28)22(31-16-11-17(23)19(25)18(24)12-16)9-4-10-26(20(22)27)13-14-5-7-15(29-2)8-6-14/h5-8,11-12H,3-4,9-10,13H2,1-2H3. The number of nitrogens with zero attached hydrogens (tertiary/aromatic N) is 1. The van der Waals surface area contributed by atoms with Crippen LogP contribution in [0.1, 0.15) is 25.3 Å². The molecule has 0 radical (unpaired) electrons. The second kappa shape index (κ2) is 9.28. The number of amides is 1. The zero-order valence-corrected chi connectivity index (χ0v) is 17.1. The van der Waals surface area contributed by atoms with Gasteiger partial charge in [0.1, 0.15) is 11.5 Å². The molecule has 0 aromatic heterocycles. The van der Waals surface area contributed by atoms with Gasteiger partial charge < -0.3 is 19.1 Å². The molecule has 1 aliphatic rings. The van der Waals surface area contributed by atoms with E-state index in [1.807, 2.05) is 0 Å². The van der Waals surface area contributed by atoms with Crippen molar-refractivity contribution in [2.24, 2.45) is 0 Å². The molecule has 0 bridgehead atoms.